The highest BCUT2D eigenvalue weighted by Crippen LogP contribution is 2.11. The van der Waals surface area contributed by atoms with E-state index in [1.165, 1.54) is 37.7 Å². The summed E-state index contributed by atoms with van der Waals surface area (Å²) in [5.41, 5.74) is 0. The average molecular weight is 299 g/mol. The number of carbonyl (C=O) groups is 4. The van der Waals surface area contributed by atoms with Crippen LogP contribution < -0.4 is 5.32 Å². The zero-order chi connectivity index (χ0) is 16.2. The molecule has 1 aliphatic rings. The number of ether oxygens (including phenoxy) is 1. The lowest BCUT2D eigenvalue weighted by Gasteiger charge is -2.40. The van der Waals surface area contributed by atoms with Crippen molar-refractivity contribution in [2.45, 2.75) is 32.9 Å². The summed E-state index contributed by atoms with van der Waals surface area (Å²) in [5.74, 6) is -1.45. The molecule has 21 heavy (non-hydrogen) atoms. The Labute approximate surface area is 123 Å². The van der Waals surface area contributed by atoms with Crippen LogP contribution in [0.1, 0.15) is 20.8 Å². The normalized spacial score (nSPS) is 19.7. The minimum absolute atomic E-state index is 0.120. The molecule has 1 saturated heterocycles. The maximum Gasteiger partial charge on any atom is 0.328 e. The molecule has 0 radical (unpaired) electrons. The van der Waals surface area contributed by atoms with E-state index in [0.29, 0.717) is 13.1 Å². The van der Waals surface area contributed by atoms with Crippen LogP contribution in [0.5, 0.6) is 0 Å². The van der Waals surface area contributed by atoms with Gasteiger partial charge in [0, 0.05) is 26.9 Å². The van der Waals surface area contributed by atoms with Crippen molar-refractivity contribution in [3.8, 4) is 0 Å². The quantitative estimate of drug-likeness (QED) is 0.656. The molecule has 1 N–H and O–H groups in total. The SMILES string of the molecule is COC(=O)[C@@H](C)NC(=O)[C@H]1CN(C(C)=O)CCN1C(C)=O. The summed E-state index contributed by atoms with van der Waals surface area (Å²) in [5, 5.41) is 2.50. The average Bonchev–Trinajstić information content (AvgIpc) is 2.45. The second-order valence-corrected chi connectivity index (χ2v) is 4.95. The highest BCUT2D eigenvalue weighted by Gasteiger charge is 2.35. The van der Waals surface area contributed by atoms with Crippen molar-refractivity contribution in [3.63, 3.8) is 0 Å². The third kappa shape index (κ3) is 4.17. The Hall–Kier alpha value is -2.12. The third-order valence-electron chi connectivity index (χ3n) is 3.45. The number of esters is 1. The van der Waals surface area contributed by atoms with Gasteiger partial charge in [0.25, 0.3) is 0 Å². The lowest BCUT2D eigenvalue weighted by Crippen LogP contribution is -2.62. The number of amides is 3. The fraction of sp³-hybridized carbons (Fsp3) is 0.692. The molecule has 1 aliphatic heterocycles. The van der Waals surface area contributed by atoms with Crippen LogP contribution in [0, 0.1) is 0 Å². The number of nitrogens with one attached hydrogen (secondary N) is 1. The molecule has 0 saturated carbocycles. The van der Waals surface area contributed by atoms with Crippen LogP contribution in [0.4, 0.5) is 0 Å². The van der Waals surface area contributed by atoms with Gasteiger partial charge in [0.2, 0.25) is 17.7 Å². The fourth-order valence-electron chi connectivity index (χ4n) is 2.22. The van der Waals surface area contributed by atoms with Gasteiger partial charge < -0.3 is 19.9 Å². The lowest BCUT2D eigenvalue weighted by molar-refractivity contribution is -0.149. The summed E-state index contributed by atoms with van der Waals surface area (Å²) in [6.45, 7) is 5.08. The first-order valence-electron chi connectivity index (χ1n) is 6.68. The zero-order valence-corrected chi connectivity index (χ0v) is 12.7. The molecule has 118 valence electrons. The molecule has 0 bridgehead atoms. The summed E-state index contributed by atoms with van der Waals surface area (Å²) in [6, 6.07) is -1.61. The first kappa shape index (κ1) is 16.9. The van der Waals surface area contributed by atoms with E-state index in [-0.39, 0.29) is 18.4 Å². The van der Waals surface area contributed by atoms with Gasteiger partial charge in [0.05, 0.1) is 13.7 Å². The van der Waals surface area contributed by atoms with Gasteiger partial charge in [-0.25, -0.2) is 4.79 Å². The van der Waals surface area contributed by atoms with Crippen molar-refractivity contribution in [1.82, 2.24) is 15.1 Å². The van der Waals surface area contributed by atoms with Crippen LogP contribution in [-0.2, 0) is 23.9 Å². The molecule has 0 aromatic carbocycles. The van der Waals surface area contributed by atoms with E-state index in [9.17, 15) is 19.2 Å². The molecule has 0 aromatic rings. The largest absolute Gasteiger partial charge is 0.467 e. The molecule has 0 aliphatic carbocycles. The van der Waals surface area contributed by atoms with Crippen LogP contribution in [0.15, 0.2) is 0 Å². The highest BCUT2D eigenvalue weighted by atomic mass is 16.5. The number of piperazine rings is 1. The molecule has 1 heterocycles. The van der Waals surface area contributed by atoms with Crippen molar-refractivity contribution in [3.05, 3.63) is 0 Å². The van der Waals surface area contributed by atoms with Crippen LogP contribution in [0.25, 0.3) is 0 Å². The molecule has 0 aromatic heterocycles. The van der Waals surface area contributed by atoms with Crippen LogP contribution >= 0.6 is 0 Å². The minimum Gasteiger partial charge on any atom is -0.467 e. The Kier molecular flexibility index (Phi) is 5.69. The van der Waals surface area contributed by atoms with E-state index in [1.54, 1.807) is 0 Å². The third-order valence-corrected chi connectivity index (χ3v) is 3.45. The van der Waals surface area contributed by atoms with E-state index < -0.39 is 24.0 Å². The fourth-order valence-corrected chi connectivity index (χ4v) is 2.22. The first-order chi connectivity index (χ1) is 9.77. The summed E-state index contributed by atoms with van der Waals surface area (Å²) < 4.78 is 4.54. The van der Waals surface area contributed by atoms with E-state index in [0.717, 1.165) is 0 Å². The van der Waals surface area contributed by atoms with E-state index in [1.807, 2.05) is 0 Å². The Morgan fingerprint density at radius 3 is 2.24 bits per heavy atom. The number of methoxy groups -OCH3 is 1. The zero-order valence-electron chi connectivity index (χ0n) is 12.7. The molecule has 3 amide bonds. The minimum atomic E-state index is -0.816. The molecule has 2 atom stereocenters. The molecule has 0 spiro atoms. The molecular formula is C13H21N3O5. The number of hydrogen-bond donors (Lipinski definition) is 1. The van der Waals surface area contributed by atoms with E-state index in [2.05, 4.69) is 10.1 Å². The standard InChI is InChI=1S/C13H21N3O5/c1-8(13(20)21-4)14-12(19)11-7-15(9(2)17)5-6-16(11)10(3)18/h8,11H,5-7H2,1-4H3,(H,14,19)/t8-,11-/m1/s1. The van der Waals surface area contributed by atoms with Gasteiger partial charge in [-0.05, 0) is 6.92 Å². The molecule has 1 fully saturated rings. The van der Waals surface area contributed by atoms with Gasteiger partial charge in [-0.3, -0.25) is 14.4 Å². The Morgan fingerprint density at radius 1 is 1.14 bits per heavy atom. The first-order valence-corrected chi connectivity index (χ1v) is 6.68. The second kappa shape index (κ2) is 7.05. The maximum absolute atomic E-state index is 12.3. The highest BCUT2D eigenvalue weighted by molar-refractivity contribution is 5.91. The van der Waals surface area contributed by atoms with Crippen molar-refractivity contribution >= 4 is 23.7 Å². The van der Waals surface area contributed by atoms with Crippen molar-refractivity contribution in [2.75, 3.05) is 26.7 Å². The second-order valence-electron chi connectivity index (χ2n) is 4.95. The Morgan fingerprint density at radius 2 is 1.76 bits per heavy atom. The Balaban J connectivity index is 2.81. The smallest absolute Gasteiger partial charge is 0.328 e. The van der Waals surface area contributed by atoms with Crippen LogP contribution in [0.2, 0.25) is 0 Å². The van der Waals surface area contributed by atoms with Crippen molar-refractivity contribution < 1.29 is 23.9 Å². The summed E-state index contributed by atoms with van der Waals surface area (Å²) in [6.07, 6.45) is 0. The number of nitrogens with zero attached hydrogens (tertiary/aromatic N) is 2. The molecule has 1 rings (SSSR count). The summed E-state index contributed by atoms with van der Waals surface area (Å²) >= 11 is 0. The van der Waals surface area contributed by atoms with Crippen molar-refractivity contribution in [2.24, 2.45) is 0 Å². The Bertz CT molecular complexity index is 451. The van der Waals surface area contributed by atoms with Gasteiger partial charge in [-0.15, -0.1) is 0 Å². The van der Waals surface area contributed by atoms with Crippen LogP contribution in [0.3, 0.4) is 0 Å². The number of hydrogen-bond acceptors (Lipinski definition) is 5. The predicted octanol–water partition coefficient (Wildman–Crippen LogP) is -1.26. The van der Waals surface area contributed by atoms with Gasteiger partial charge in [-0.1, -0.05) is 0 Å². The molecule has 8 nitrogen and oxygen atoms in total. The van der Waals surface area contributed by atoms with Gasteiger partial charge in [0.1, 0.15) is 12.1 Å². The van der Waals surface area contributed by atoms with Gasteiger partial charge in [-0.2, -0.15) is 0 Å². The van der Waals surface area contributed by atoms with Gasteiger partial charge in [0.15, 0.2) is 0 Å². The molecule has 8 heteroatoms. The lowest BCUT2D eigenvalue weighted by atomic mass is 10.1. The summed E-state index contributed by atoms with van der Waals surface area (Å²) in [7, 11) is 1.23. The molecule has 0 unspecified atom stereocenters. The number of carbonyl (C=O) groups excluding carboxylic acids is 4. The maximum atomic E-state index is 12.3. The van der Waals surface area contributed by atoms with E-state index >= 15 is 0 Å². The monoisotopic (exact) mass is 299 g/mol. The summed E-state index contributed by atoms with van der Waals surface area (Å²) in [4.78, 5) is 49.6. The van der Waals surface area contributed by atoms with Crippen molar-refractivity contribution in [1.29, 1.82) is 0 Å². The predicted molar refractivity (Wildman–Crippen MR) is 73.0 cm³/mol. The number of rotatable bonds is 3. The van der Waals surface area contributed by atoms with E-state index in [4.69, 9.17) is 0 Å². The molecular weight excluding hydrogens is 278 g/mol. The van der Waals surface area contributed by atoms with Gasteiger partial charge >= 0.3 is 5.97 Å². The topological polar surface area (TPSA) is 96.0 Å². The van der Waals surface area contributed by atoms with Crippen LogP contribution in [-0.4, -0.2) is 72.3 Å².